The van der Waals surface area contributed by atoms with Crippen LogP contribution in [0.2, 0.25) is 10.0 Å². The molecule has 0 spiro atoms. The summed E-state index contributed by atoms with van der Waals surface area (Å²) >= 11 is 11.7. The van der Waals surface area contributed by atoms with Crippen molar-refractivity contribution in [3.63, 3.8) is 0 Å². The lowest BCUT2D eigenvalue weighted by Crippen LogP contribution is -2.11. The molecule has 0 aliphatic rings. The molecule has 6 nitrogen and oxygen atoms in total. The highest BCUT2D eigenvalue weighted by Crippen LogP contribution is 2.29. The zero-order valence-corrected chi connectivity index (χ0v) is 16.4. The highest BCUT2D eigenvalue weighted by molar-refractivity contribution is 6.32. The number of hydrogen-bond acceptors (Lipinski definition) is 5. The Balaban J connectivity index is 1.48. The maximum absolute atomic E-state index is 12.2. The van der Waals surface area contributed by atoms with Crippen molar-refractivity contribution in [3.05, 3.63) is 58.4 Å². The van der Waals surface area contributed by atoms with Crippen LogP contribution in [0.1, 0.15) is 18.7 Å². The molecule has 0 saturated carbocycles. The van der Waals surface area contributed by atoms with Gasteiger partial charge in [0.2, 0.25) is 17.6 Å². The van der Waals surface area contributed by atoms with Gasteiger partial charge < -0.3 is 14.6 Å². The van der Waals surface area contributed by atoms with Crippen LogP contribution in [0.25, 0.3) is 11.4 Å². The summed E-state index contributed by atoms with van der Waals surface area (Å²) in [6.45, 7) is -2.97. The lowest BCUT2D eigenvalue weighted by Gasteiger charge is -2.09. The fourth-order valence-corrected chi connectivity index (χ4v) is 2.82. The van der Waals surface area contributed by atoms with E-state index in [1.165, 1.54) is 18.2 Å². The topological polar surface area (TPSA) is 77.2 Å². The van der Waals surface area contributed by atoms with Crippen molar-refractivity contribution in [2.24, 2.45) is 0 Å². The number of benzene rings is 2. The minimum atomic E-state index is -2.97. The second kappa shape index (κ2) is 9.67. The van der Waals surface area contributed by atoms with E-state index in [2.05, 4.69) is 20.2 Å². The Morgan fingerprint density at radius 1 is 1.17 bits per heavy atom. The van der Waals surface area contributed by atoms with Crippen LogP contribution in [0.3, 0.4) is 0 Å². The molecular weight excluding hydrogens is 427 g/mol. The Kier molecular flexibility index (Phi) is 7.00. The Hall–Kier alpha value is -2.71. The zero-order chi connectivity index (χ0) is 20.8. The molecule has 0 aliphatic heterocycles. The third-order valence-corrected chi connectivity index (χ3v) is 4.34. The van der Waals surface area contributed by atoms with Gasteiger partial charge in [0, 0.05) is 29.1 Å². The van der Waals surface area contributed by atoms with Crippen molar-refractivity contribution in [3.8, 4) is 17.1 Å². The summed E-state index contributed by atoms with van der Waals surface area (Å²) in [5.74, 6) is 0.440. The van der Waals surface area contributed by atoms with Gasteiger partial charge in [-0.1, -0.05) is 28.4 Å². The van der Waals surface area contributed by atoms with Gasteiger partial charge in [-0.15, -0.1) is 0 Å². The van der Waals surface area contributed by atoms with Crippen molar-refractivity contribution >= 4 is 34.8 Å². The van der Waals surface area contributed by atoms with E-state index in [0.717, 1.165) is 5.56 Å². The monoisotopic (exact) mass is 441 g/mol. The van der Waals surface area contributed by atoms with Crippen LogP contribution in [0, 0.1) is 0 Å². The first-order valence-electron chi connectivity index (χ1n) is 8.53. The third kappa shape index (κ3) is 6.13. The molecule has 0 bridgehead atoms. The Morgan fingerprint density at radius 3 is 2.62 bits per heavy atom. The highest BCUT2D eigenvalue weighted by atomic mass is 35.5. The summed E-state index contributed by atoms with van der Waals surface area (Å²) in [7, 11) is 0. The third-order valence-electron chi connectivity index (χ3n) is 3.80. The minimum absolute atomic E-state index is 0.0244. The van der Waals surface area contributed by atoms with Crippen molar-refractivity contribution < 1.29 is 22.8 Å². The molecule has 0 fully saturated rings. The summed E-state index contributed by atoms with van der Waals surface area (Å²) in [4.78, 5) is 16.3. The molecule has 1 heterocycles. The number of halogens is 4. The molecule has 10 heteroatoms. The lowest BCUT2D eigenvalue weighted by molar-refractivity contribution is -0.116. The second-order valence-electron chi connectivity index (χ2n) is 5.94. The number of anilines is 1. The molecule has 0 saturated heterocycles. The van der Waals surface area contributed by atoms with Crippen LogP contribution in [-0.4, -0.2) is 22.7 Å². The van der Waals surface area contributed by atoms with Crippen molar-refractivity contribution in [1.82, 2.24) is 10.1 Å². The molecule has 152 valence electrons. The molecule has 0 radical (unpaired) electrons. The summed E-state index contributed by atoms with van der Waals surface area (Å²) < 4.78 is 33.9. The molecule has 2 aromatic carbocycles. The van der Waals surface area contributed by atoms with Gasteiger partial charge >= 0.3 is 6.61 Å². The smallest absolute Gasteiger partial charge is 0.387 e. The quantitative estimate of drug-likeness (QED) is 0.491. The van der Waals surface area contributed by atoms with Crippen LogP contribution in [0.5, 0.6) is 5.75 Å². The van der Waals surface area contributed by atoms with Crippen LogP contribution < -0.4 is 10.1 Å². The van der Waals surface area contributed by atoms with Crippen molar-refractivity contribution in [1.29, 1.82) is 0 Å². The standard InChI is InChI=1S/C19H15Cl2F2N3O3/c20-12-6-4-11(5-7-12)18-25-17(29-26-18)3-1-2-16(27)24-13-8-9-15(14(21)10-13)28-19(22)23/h4-10,19H,1-3H2,(H,24,27). The van der Waals surface area contributed by atoms with Gasteiger partial charge in [-0.05, 0) is 48.9 Å². The summed E-state index contributed by atoms with van der Waals surface area (Å²) in [5, 5.41) is 7.14. The number of carbonyl (C=O) groups is 1. The van der Waals surface area contributed by atoms with Gasteiger partial charge in [0.25, 0.3) is 0 Å². The predicted octanol–water partition coefficient (Wildman–Crippen LogP) is 5.61. The first-order chi connectivity index (χ1) is 13.9. The minimum Gasteiger partial charge on any atom is -0.433 e. The van der Waals surface area contributed by atoms with E-state index in [1.54, 1.807) is 24.3 Å². The number of amides is 1. The van der Waals surface area contributed by atoms with Crippen LogP contribution in [0.4, 0.5) is 14.5 Å². The highest BCUT2D eigenvalue weighted by Gasteiger charge is 2.12. The van der Waals surface area contributed by atoms with E-state index < -0.39 is 6.61 Å². The van der Waals surface area contributed by atoms with E-state index in [9.17, 15) is 13.6 Å². The van der Waals surface area contributed by atoms with Crippen LogP contribution in [-0.2, 0) is 11.2 Å². The number of hydrogen-bond donors (Lipinski definition) is 1. The van der Waals surface area contributed by atoms with Gasteiger partial charge in [-0.3, -0.25) is 4.79 Å². The largest absolute Gasteiger partial charge is 0.433 e. The summed E-state index contributed by atoms with van der Waals surface area (Å²) in [6, 6.07) is 11.1. The first kappa shape index (κ1) is 21.0. The number of nitrogens with one attached hydrogen (secondary N) is 1. The number of carbonyl (C=O) groups excluding carboxylic acids is 1. The Labute approximate surface area is 174 Å². The molecule has 0 aliphatic carbocycles. The molecule has 0 atom stereocenters. The molecule has 3 aromatic rings. The van der Waals surface area contributed by atoms with Crippen molar-refractivity contribution in [2.45, 2.75) is 25.9 Å². The van der Waals surface area contributed by atoms with Gasteiger partial charge in [-0.2, -0.15) is 13.8 Å². The van der Waals surface area contributed by atoms with E-state index in [4.69, 9.17) is 27.7 Å². The summed E-state index contributed by atoms with van der Waals surface area (Å²) in [6.07, 6.45) is 1.11. The van der Waals surface area contributed by atoms with E-state index in [1.807, 2.05) is 0 Å². The van der Waals surface area contributed by atoms with Crippen LogP contribution >= 0.6 is 23.2 Å². The van der Waals surface area contributed by atoms with Gasteiger partial charge in [0.1, 0.15) is 5.75 Å². The number of alkyl halides is 2. The SMILES string of the molecule is O=C(CCCc1nc(-c2ccc(Cl)cc2)no1)Nc1ccc(OC(F)F)c(Cl)c1. The fourth-order valence-electron chi connectivity index (χ4n) is 2.47. The molecule has 3 rings (SSSR count). The maximum Gasteiger partial charge on any atom is 0.387 e. The van der Waals surface area contributed by atoms with Gasteiger partial charge in [0.05, 0.1) is 5.02 Å². The van der Waals surface area contributed by atoms with E-state index in [0.29, 0.717) is 35.3 Å². The number of nitrogens with zero attached hydrogens (tertiary/aromatic N) is 2. The molecular formula is C19H15Cl2F2N3O3. The molecule has 29 heavy (non-hydrogen) atoms. The number of ether oxygens (including phenoxy) is 1. The average molecular weight is 442 g/mol. The molecule has 1 aromatic heterocycles. The molecule has 1 N–H and O–H groups in total. The number of aromatic nitrogens is 2. The molecule has 1 amide bonds. The molecule has 0 unspecified atom stereocenters. The zero-order valence-electron chi connectivity index (χ0n) is 14.9. The maximum atomic E-state index is 12.2. The Bertz CT molecular complexity index is 981. The summed E-state index contributed by atoms with van der Waals surface area (Å²) in [5.41, 5.74) is 1.16. The van der Waals surface area contributed by atoms with Gasteiger partial charge in [-0.25, -0.2) is 0 Å². The Morgan fingerprint density at radius 2 is 1.93 bits per heavy atom. The average Bonchev–Trinajstić information content (AvgIpc) is 3.13. The number of rotatable bonds is 8. The van der Waals surface area contributed by atoms with Crippen LogP contribution in [0.15, 0.2) is 47.0 Å². The second-order valence-corrected chi connectivity index (χ2v) is 6.79. The van der Waals surface area contributed by atoms with E-state index >= 15 is 0 Å². The fraction of sp³-hybridized carbons (Fsp3) is 0.211. The van der Waals surface area contributed by atoms with Crippen molar-refractivity contribution in [2.75, 3.05) is 5.32 Å². The normalized spacial score (nSPS) is 10.9. The van der Waals surface area contributed by atoms with Gasteiger partial charge in [0.15, 0.2) is 0 Å². The first-order valence-corrected chi connectivity index (χ1v) is 9.29. The predicted molar refractivity (Wildman–Crippen MR) is 104 cm³/mol. The number of aryl methyl sites for hydroxylation is 1. The van der Waals surface area contributed by atoms with E-state index in [-0.39, 0.29) is 23.1 Å². The lowest BCUT2D eigenvalue weighted by atomic mass is 10.2.